The summed E-state index contributed by atoms with van der Waals surface area (Å²) >= 11 is 5.82. The molecule has 0 radical (unpaired) electrons. The fourth-order valence-electron chi connectivity index (χ4n) is 6.39. The van der Waals surface area contributed by atoms with Crippen molar-refractivity contribution in [3.8, 4) is 0 Å². The van der Waals surface area contributed by atoms with Crippen LogP contribution >= 0.6 is 11.6 Å². The molecule has 1 aromatic carbocycles. The molecule has 1 N–H and O–H groups in total. The Balaban J connectivity index is 1.41. The van der Waals surface area contributed by atoms with Crippen molar-refractivity contribution in [2.75, 3.05) is 5.88 Å². The molecule has 4 fully saturated rings. The van der Waals surface area contributed by atoms with E-state index in [-0.39, 0.29) is 11.4 Å². The fraction of sp³-hybridized carbons (Fsp3) is 0.636. The number of carbonyl (C=O) groups excluding carboxylic acids is 1. The third-order valence-corrected chi connectivity index (χ3v) is 7.31. The van der Waals surface area contributed by atoms with Gasteiger partial charge in [0.1, 0.15) is 0 Å². The molecule has 1 amide bonds. The quantitative estimate of drug-likeness (QED) is 0.576. The molecule has 0 atom stereocenters. The second-order valence-corrected chi connectivity index (χ2v) is 9.51. The molecule has 2 aromatic rings. The number of fused-ring (bicyclic) bond motifs is 1. The smallest absolute Gasteiger partial charge is 0.272 e. The minimum Gasteiger partial charge on any atom is -0.345 e. The van der Waals surface area contributed by atoms with Gasteiger partial charge in [-0.25, -0.2) is 0 Å². The Morgan fingerprint density at radius 3 is 2.44 bits per heavy atom. The number of nitrogens with zero attached hydrogens (tertiary/aromatic N) is 2. The monoisotopic (exact) mass is 385 g/mol. The van der Waals surface area contributed by atoms with Gasteiger partial charge < -0.3 is 5.32 Å². The number of aromatic nitrogens is 2. The predicted octanol–water partition coefficient (Wildman–Crippen LogP) is 4.75. The number of hydrogen-bond acceptors (Lipinski definition) is 2. The molecule has 0 spiro atoms. The van der Waals surface area contributed by atoms with Gasteiger partial charge in [-0.05, 0) is 75.2 Å². The molecule has 27 heavy (non-hydrogen) atoms. The predicted molar refractivity (Wildman–Crippen MR) is 108 cm³/mol. The average molecular weight is 386 g/mol. The summed E-state index contributed by atoms with van der Waals surface area (Å²) in [4.78, 5) is 13.3. The van der Waals surface area contributed by atoms with Crippen molar-refractivity contribution in [2.24, 2.45) is 17.8 Å². The van der Waals surface area contributed by atoms with Gasteiger partial charge in [0, 0.05) is 23.3 Å². The molecule has 0 saturated heterocycles. The molecule has 0 aliphatic heterocycles. The molecule has 1 aromatic heterocycles. The van der Waals surface area contributed by atoms with E-state index >= 15 is 0 Å². The Bertz CT molecular complexity index is 823. The Kier molecular flexibility index (Phi) is 4.42. The number of unbranched alkanes of at least 4 members (excludes halogenated alkanes) is 1. The van der Waals surface area contributed by atoms with Crippen LogP contribution in [0.4, 0.5) is 0 Å². The van der Waals surface area contributed by atoms with Crippen LogP contribution in [0.5, 0.6) is 0 Å². The van der Waals surface area contributed by atoms with E-state index in [0.29, 0.717) is 11.6 Å². The standard InChI is InChI=1S/C22H28ClN3O/c23-7-3-4-8-26-19-6-2-1-5-18(19)20(25-26)21(27)24-22-12-15-9-16(13-22)11-17(10-15)14-22/h1-2,5-6,15-17H,3-4,7-14H2,(H,24,27). The Morgan fingerprint density at radius 1 is 1.11 bits per heavy atom. The van der Waals surface area contributed by atoms with E-state index in [4.69, 9.17) is 16.7 Å². The lowest BCUT2D eigenvalue weighted by Gasteiger charge is -2.56. The summed E-state index contributed by atoms with van der Waals surface area (Å²) in [6.07, 6.45) is 9.58. The van der Waals surface area contributed by atoms with Gasteiger partial charge in [0.2, 0.25) is 0 Å². The second kappa shape index (κ2) is 6.80. The molecular formula is C22H28ClN3O. The molecule has 4 bridgehead atoms. The summed E-state index contributed by atoms with van der Waals surface area (Å²) in [7, 11) is 0. The zero-order chi connectivity index (χ0) is 18.4. The van der Waals surface area contributed by atoms with Gasteiger partial charge in [0.25, 0.3) is 5.91 Å². The largest absolute Gasteiger partial charge is 0.345 e. The van der Waals surface area contributed by atoms with E-state index < -0.39 is 0 Å². The SMILES string of the molecule is O=C(NC12CC3CC(CC(C3)C1)C2)c1nn(CCCCCl)c2ccccc12. The topological polar surface area (TPSA) is 46.9 Å². The maximum atomic E-state index is 13.3. The highest BCUT2D eigenvalue weighted by atomic mass is 35.5. The number of rotatable bonds is 6. The van der Waals surface area contributed by atoms with Crippen molar-refractivity contribution in [3.63, 3.8) is 0 Å². The van der Waals surface area contributed by atoms with Crippen molar-refractivity contribution in [1.82, 2.24) is 15.1 Å². The molecule has 5 heteroatoms. The molecule has 6 rings (SSSR count). The molecule has 1 heterocycles. The Morgan fingerprint density at radius 2 is 1.78 bits per heavy atom. The first kappa shape index (κ1) is 17.5. The van der Waals surface area contributed by atoms with Gasteiger partial charge in [0.15, 0.2) is 5.69 Å². The summed E-state index contributed by atoms with van der Waals surface area (Å²) in [6.45, 7) is 0.803. The Labute approximate surface area is 165 Å². The van der Waals surface area contributed by atoms with E-state index in [1.807, 2.05) is 22.9 Å². The summed E-state index contributed by atoms with van der Waals surface area (Å²) in [6, 6.07) is 8.09. The van der Waals surface area contributed by atoms with Crippen LogP contribution in [0.1, 0.15) is 61.9 Å². The van der Waals surface area contributed by atoms with Crippen LogP contribution in [0.3, 0.4) is 0 Å². The number of amides is 1. The van der Waals surface area contributed by atoms with Crippen LogP contribution in [0, 0.1) is 17.8 Å². The minimum absolute atomic E-state index is 0.0178. The van der Waals surface area contributed by atoms with Crippen LogP contribution in [0.15, 0.2) is 24.3 Å². The van der Waals surface area contributed by atoms with Gasteiger partial charge >= 0.3 is 0 Å². The molecule has 4 saturated carbocycles. The minimum atomic E-state index is 0.0178. The van der Waals surface area contributed by atoms with Gasteiger partial charge in [0.05, 0.1) is 5.52 Å². The van der Waals surface area contributed by atoms with Crippen LogP contribution in [-0.4, -0.2) is 27.1 Å². The van der Waals surface area contributed by atoms with Crippen molar-refractivity contribution >= 4 is 28.4 Å². The molecule has 0 unspecified atom stereocenters. The van der Waals surface area contributed by atoms with E-state index in [2.05, 4.69) is 11.4 Å². The van der Waals surface area contributed by atoms with Crippen molar-refractivity contribution in [1.29, 1.82) is 0 Å². The summed E-state index contributed by atoms with van der Waals surface area (Å²) in [5, 5.41) is 9.16. The van der Waals surface area contributed by atoms with Crippen molar-refractivity contribution in [3.05, 3.63) is 30.0 Å². The number of alkyl halides is 1. The third-order valence-electron chi connectivity index (χ3n) is 7.04. The second-order valence-electron chi connectivity index (χ2n) is 9.14. The molecule has 144 valence electrons. The maximum absolute atomic E-state index is 13.3. The normalized spacial score (nSPS) is 31.5. The lowest BCUT2D eigenvalue weighted by atomic mass is 9.53. The first-order valence-corrected chi connectivity index (χ1v) is 11.0. The number of aryl methyl sites for hydroxylation is 1. The van der Waals surface area contributed by atoms with Gasteiger partial charge in [-0.15, -0.1) is 11.6 Å². The summed E-state index contributed by atoms with van der Waals surface area (Å²) in [5.41, 5.74) is 1.66. The molecule has 4 aliphatic carbocycles. The van der Waals surface area contributed by atoms with Crippen LogP contribution in [0.2, 0.25) is 0 Å². The van der Waals surface area contributed by atoms with Gasteiger partial charge in [-0.3, -0.25) is 9.48 Å². The number of hydrogen-bond donors (Lipinski definition) is 1. The van der Waals surface area contributed by atoms with Crippen LogP contribution in [-0.2, 0) is 6.54 Å². The van der Waals surface area contributed by atoms with E-state index in [1.54, 1.807) is 0 Å². The molecule has 4 aliphatic rings. The fourth-order valence-corrected chi connectivity index (χ4v) is 6.57. The average Bonchev–Trinajstić information content (AvgIpc) is 3.00. The number of nitrogens with one attached hydrogen (secondary N) is 1. The van der Waals surface area contributed by atoms with Crippen LogP contribution in [0.25, 0.3) is 10.9 Å². The van der Waals surface area contributed by atoms with Crippen molar-refractivity contribution < 1.29 is 4.79 Å². The number of halogens is 1. The molecular weight excluding hydrogens is 358 g/mol. The van der Waals surface area contributed by atoms with E-state index in [1.165, 1.54) is 38.5 Å². The lowest BCUT2D eigenvalue weighted by molar-refractivity contribution is -0.0167. The summed E-state index contributed by atoms with van der Waals surface area (Å²) < 4.78 is 1.98. The van der Waals surface area contributed by atoms with Crippen LogP contribution < -0.4 is 5.32 Å². The first-order valence-electron chi connectivity index (χ1n) is 10.5. The van der Waals surface area contributed by atoms with E-state index in [0.717, 1.165) is 48.0 Å². The zero-order valence-corrected chi connectivity index (χ0v) is 16.5. The maximum Gasteiger partial charge on any atom is 0.272 e. The highest BCUT2D eigenvalue weighted by Crippen LogP contribution is 2.55. The molecule has 4 nitrogen and oxygen atoms in total. The third kappa shape index (κ3) is 3.16. The zero-order valence-electron chi connectivity index (χ0n) is 15.8. The highest BCUT2D eigenvalue weighted by Gasteiger charge is 2.51. The number of carbonyl (C=O) groups is 1. The van der Waals surface area contributed by atoms with Gasteiger partial charge in [-0.2, -0.15) is 5.10 Å². The summed E-state index contributed by atoms with van der Waals surface area (Å²) in [5.74, 6) is 3.15. The lowest BCUT2D eigenvalue weighted by Crippen LogP contribution is -2.59. The van der Waals surface area contributed by atoms with E-state index in [9.17, 15) is 4.79 Å². The Hall–Kier alpha value is -1.55. The highest BCUT2D eigenvalue weighted by molar-refractivity contribution is 6.17. The number of benzene rings is 1. The first-order chi connectivity index (χ1) is 13.2. The van der Waals surface area contributed by atoms with Gasteiger partial charge in [-0.1, -0.05) is 18.2 Å². The number of para-hydroxylation sites is 1. The van der Waals surface area contributed by atoms with Crippen molar-refractivity contribution in [2.45, 2.75) is 63.5 Å².